The zero-order valence-corrected chi connectivity index (χ0v) is 13.6. The van der Waals surface area contributed by atoms with E-state index >= 15 is 0 Å². The van der Waals surface area contributed by atoms with Crippen molar-refractivity contribution in [2.75, 3.05) is 11.1 Å². The van der Waals surface area contributed by atoms with Crippen molar-refractivity contribution in [3.63, 3.8) is 0 Å². The van der Waals surface area contributed by atoms with Crippen LogP contribution < -0.4 is 5.32 Å². The summed E-state index contributed by atoms with van der Waals surface area (Å²) in [4.78, 5) is 1.28. The summed E-state index contributed by atoms with van der Waals surface area (Å²) < 4.78 is 0. The zero-order chi connectivity index (χ0) is 15.1. The Kier molecular flexibility index (Phi) is 5.94. The van der Waals surface area contributed by atoms with Crippen molar-refractivity contribution in [2.45, 2.75) is 31.2 Å². The largest absolute Gasteiger partial charge is 0.377 e. The van der Waals surface area contributed by atoms with E-state index in [0.717, 1.165) is 12.2 Å². The van der Waals surface area contributed by atoms with Gasteiger partial charge in [0, 0.05) is 16.3 Å². The average molecular weight is 297 g/mol. The summed E-state index contributed by atoms with van der Waals surface area (Å²) >= 11 is 1.82. The van der Waals surface area contributed by atoms with Crippen LogP contribution in [-0.2, 0) is 0 Å². The predicted molar refractivity (Wildman–Crippen MR) is 95.2 cm³/mol. The first-order chi connectivity index (χ1) is 10.2. The lowest BCUT2D eigenvalue weighted by molar-refractivity contribution is 0.746. The summed E-state index contributed by atoms with van der Waals surface area (Å²) in [7, 11) is 0. The molecule has 2 aromatic carbocycles. The molecule has 2 heteroatoms. The first-order valence-electron chi connectivity index (χ1n) is 7.40. The van der Waals surface area contributed by atoms with Gasteiger partial charge in [0.1, 0.15) is 0 Å². The van der Waals surface area contributed by atoms with Gasteiger partial charge in [-0.3, -0.25) is 0 Å². The number of rotatable bonds is 7. The molecule has 2 rings (SSSR count). The molecular weight excluding hydrogens is 274 g/mol. The molecule has 0 fully saturated rings. The molecule has 0 spiro atoms. The lowest BCUT2D eigenvalue weighted by atomic mass is 10.0. The molecule has 0 heterocycles. The van der Waals surface area contributed by atoms with E-state index in [4.69, 9.17) is 0 Å². The maximum absolute atomic E-state index is 3.80. The summed E-state index contributed by atoms with van der Waals surface area (Å²) in [6.45, 7) is 8.14. The Morgan fingerprint density at radius 1 is 1.14 bits per heavy atom. The number of anilines is 1. The van der Waals surface area contributed by atoms with Crippen LogP contribution in [-0.4, -0.2) is 5.75 Å². The maximum Gasteiger partial charge on any atom is 0.0511 e. The van der Waals surface area contributed by atoms with Gasteiger partial charge in [-0.15, -0.1) is 18.3 Å². The summed E-state index contributed by atoms with van der Waals surface area (Å²) in [5.41, 5.74) is 3.85. The van der Waals surface area contributed by atoms with Crippen molar-refractivity contribution in [3.8, 4) is 0 Å². The Hall–Kier alpha value is -1.67. The van der Waals surface area contributed by atoms with Gasteiger partial charge in [-0.25, -0.2) is 0 Å². The quantitative estimate of drug-likeness (QED) is 0.509. The highest BCUT2D eigenvalue weighted by atomic mass is 32.2. The minimum atomic E-state index is 0.344. The predicted octanol–water partition coefficient (Wildman–Crippen LogP) is 5.84. The molecular formula is C19H23NS. The molecule has 0 aliphatic heterocycles. The summed E-state index contributed by atoms with van der Waals surface area (Å²) in [6, 6.07) is 17.6. The Labute approximate surface area is 132 Å². The van der Waals surface area contributed by atoms with E-state index in [-0.39, 0.29) is 0 Å². The monoisotopic (exact) mass is 297 g/mol. The fourth-order valence-electron chi connectivity index (χ4n) is 2.27. The van der Waals surface area contributed by atoms with Crippen LogP contribution >= 0.6 is 11.8 Å². The van der Waals surface area contributed by atoms with Crippen molar-refractivity contribution in [3.05, 3.63) is 72.3 Å². The fraction of sp³-hybridized carbons (Fsp3) is 0.263. The highest BCUT2D eigenvalue weighted by Gasteiger charge is 2.11. The van der Waals surface area contributed by atoms with Gasteiger partial charge >= 0.3 is 0 Å². The third-order valence-corrected chi connectivity index (χ3v) is 4.53. The first kappa shape index (κ1) is 15.7. The van der Waals surface area contributed by atoms with E-state index in [9.17, 15) is 0 Å². The van der Waals surface area contributed by atoms with Crippen LogP contribution in [0.4, 0.5) is 5.69 Å². The second-order valence-electron chi connectivity index (χ2n) is 5.11. The summed E-state index contributed by atoms with van der Waals surface area (Å²) in [5, 5.41) is 3.69. The molecule has 1 atom stereocenters. The molecule has 0 amide bonds. The van der Waals surface area contributed by atoms with Gasteiger partial charge in [0.25, 0.3) is 0 Å². The molecule has 0 aliphatic rings. The zero-order valence-electron chi connectivity index (χ0n) is 12.8. The molecule has 21 heavy (non-hydrogen) atoms. The molecule has 1 unspecified atom stereocenters. The lowest BCUT2D eigenvalue weighted by Crippen LogP contribution is -2.10. The van der Waals surface area contributed by atoms with E-state index in [1.807, 2.05) is 17.8 Å². The number of aryl methyl sites for hydroxylation is 1. The van der Waals surface area contributed by atoms with Gasteiger partial charge in [-0.2, -0.15) is 0 Å². The van der Waals surface area contributed by atoms with Gasteiger partial charge in [-0.05, 0) is 31.0 Å². The summed E-state index contributed by atoms with van der Waals surface area (Å²) in [5.74, 6) is 0.931. The van der Waals surface area contributed by atoms with Gasteiger partial charge < -0.3 is 5.32 Å². The fourth-order valence-corrected chi connectivity index (χ4v) is 3.02. The van der Waals surface area contributed by atoms with E-state index < -0.39 is 0 Å². The highest BCUT2D eigenvalue weighted by Crippen LogP contribution is 2.31. The number of hydrogen-bond acceptors (Lipinski definition) is 2. The second-order valence-corrected chi connectivity index (χ2v) is 6.17. The van der Waals surface area contributed by atoms with Crippen LogP contribution in [0.1, 0.15) is 30.5 Å². The minimum absolute atomic E-state index is 0.344. The van der Waals surface area contributed by atoms with Gasteiger partial charge in [0.2, 0.25) is 0 Å². The number of nitrogens with one attached hydrogen (secondary N) is 1. The van der Waals surface area contributed by atoms with E-state index in [0.29, 0.717) is 6.04 Å². The highest BCUT2D eigenvalue weighted by molar-refractivity contribution is 7.99. The standard InChI is InChI=1S/C19H23NS/c1-4-14-21-19-9-7-6-8-18(19)20-17(5-2)16-12-10-15(3)11-13-16/h4,6-13,17,20H,1,5,14H2,2-3H3. The van der Waals surface area contributed by atoms with E-state index in [1.165, 1.54) is 21.7 Å². The molecule has 0 radical (unpaired) electrons. The van der Waals surface area contributed by atoms with Crippen molar-refractivity contribution in [1.29, 1.82) is 0 Å². The van der Waals surface area contributed by atoms with Gasteiger partial charge in [0.05, 0.1) is 6.04 Å². The lowest BCUT2D eigenvalue weighted by Gasteiger charge is -2.21. The second kappa shape index (κ2) is 7.94. The van der Waals surface area contributed by atoms with Crippen molar-refractivity contribution >= 4 is 17.4 Å². The minimum Gasteiger partial charge on any atom is -0.377 e. The molecule has 0 bridgehead atoms. The molecule has 1 N–H and O–H groups in total. The Balaban J connectivity index is 2.18. The molecule has 110 valence electrons. The van der Waals surface area contributed by atoms with E-state index in [2.05, 4.69) is 74.3 Å². The van der Waals surface area contributed by atoms with Crippen LogP contribution in [0, 0.1) is 6.92 Å². The van der Waals surface area contributed by atoms with Gasteiger partial charge in [0.15, 0.2) is 0 Å². The normalized spacial score (nSPS) is 11.9. The van der Waals surface area contributed by atoms with E-state index in [1.54, 1.807) is 0 Å². The first-order valence-corrected chi connectivity index (χ1v) is 8.39. The summed E-state index contributed by atoms with van der Waals surface area (Å²) in [6.07, 6.45) is 3.00. The molecule has 0 saturated heterocycles. The Bertz CT molecular complexity index is 574. The van der Waals surface area contributed by atoms with Crippen LogP contribution in [0.3, 0.4) is 0 Å². The Morgan fingerprint density at radius 3 is 2.52 bits per heavy atom. The molecule has 0 aromatic heterocycles. The van der Waals surface area contributed by atoms with Crippen LogP contribution in [0.25, 0.3) is 0 Å². The topological polar surface area (TPSA) is 12.0 Å². The van der Waals surface area contributed by atoms with Crippen molar-refractivity contribution < 1.29 is 0 Å². The number of thioether (sulfide) groups is 1. The van der Waals surface area contributed by atoms with Crippen LogP contribution in [0.5, 0.6) is 0 Å². The number of para-hydroxylation sites is 1. The third kappa shape index (κ3) is 4.40. The smallest absolute Gasteiger partial charge is 0.0511 e. The maximum atomic E-state index is 3.80. The van der Waals surface area contributed by atoms with Crippen molar-refractivity contribution in [1.82, 2.24) is 0 Å². The van der Waals surface area contributed by atoms with Crippen molar-refractivity contribution in [2.24, 2.45) is 0 Å². The van der Waals surface area contributed by atoms with Gasteiger partial charge in [-0.1, -0.05) is 55.0 Å². The Morgan fingerprint density at radius 2 is 1.86 bits per heavy atom. The molecule has 1 nitrogen and oxygen atoms in total. The molecule has 2 aromatic rings. The molecule has 0 aliphatic carbocycles. The number of hydrogen-bond donors (Lipinski definition) is 1. The third-order valence-electron chi connectivity index (χ3n) is 3.46. The SMILES string of the molecule is C=CCSc1ccccc1NC(CC)c1ccc(C)cc1. The van der Waals surface area contributed by atoms with Crippen LogP contribution in [0.2, 0.25) is 0 Å². The number of benzene rings is 2. The molecule has 0 saturated carbocycles. The van der Waals surface area contributed by atoms with Crippen LogP contribution in [0.15, 0.2) is 66.1 Å². The average Bonchev–Trinajstić information content (AvgIpc) is 2.52.